The molecule has 0 aliphatic rings. The van der Waals surface area contributed by atoms with Crippen molar-refractivity contribution in [2.45, 2.75) is 6.42 Å². The van der Waals surface area contributed by atoms with Gasteiger partial charge in [-0.05, 0) is 35.9 Å². The fourth-order valence-electron chi connectivity index (χ4n) is 2.22. The molecule has 0 fully saturated rings. The van der Waals surface area contributed by atoms with Crippen LogP contribution in [0.15, 0.2) is 60.8 Å². The van der Waals surface area contributed by atoms with Gasteiger partial charge < -0.3 is 5.32 Å². The molecule has 4 heteroatoms. The molecule has 0 aliphatic carbocycles. The Kier molecular flexibility index (Phi) is 3.84. The zero-order valence-corrected chi connectivity index (χ0v) is 12.0. The van der Waals surface area contributed by atoms with Crippen molar-refractivity contribution in [3.05, 3.63) is 71.4 Å². The summed E-state index contributed by atoms with van der Waals surface area (Å²) in [5.74, 6) is -0.0977. The Balaban J connectivity index is 1.82. The fraction of sp³-hybridized carbons (Fsp3) is 0.0588. The third-order valence-electron chi connectivity index (χ3n) is 3.23. The highest BCUT2D eigenvalue weighted by Gasteiger charge is 2.09. The Morgan fingerprint density at radius 3 is 2.76 bits per heavy atom. The van der Waals surface area contributed by atoms with Crippen LogP contribution in [0.3, 0.4) is 0 Å². The van der Waals surface area contributed by atoms with Crippen molar-refractivity contribution in [3.63, 3.8) is 0 Å². The second-order valence-electron chi connectivity index (χ2n) is 4.69. The number of anilines is 1. The molecule has 1 amide bonds. The summed E-state index contributed by atoms with van der Waals surface area (Å²) in [5, 5.41) is 4.45. The Morgan fingerprint density at radius 1 is 1.05 bits per heavy atom. The lowest BCUT2D eigenvalue weighted by Crippen LogP contribution is -2.14. The molecule has 3 nitrogen and oxygen atoms in total. The Hall–Kier alpha value is -2.39. The van der Waals surface area contributed by atoms with Gasteiger partial charge in [0.25, 0.3) is 0 Å². The first-order chi connectivity index (χ1) is 10.2. The van der Waals surface area contributed by atoms with Gasteiger partial charge in [-0.3, -0.25) is 9.78 Å². The second kappa shape index (κ2) is 5.94. The summed E-state index contributed by atoms with van der Waals surface area (Å²) in [7, 11) is 0. The van der Waals surface area contributed by atoms with Crippen LogP contribution in [-0.4, -0.2) is 10.9 Å². The van der Waals surface area contributed by atoms with Gasteiger partial charge in [-0.1, -0.05) is 35.9 Å². The lowest BCUT2D eigenvalue weighted by atomic mass is 10.1. The van der Waals surface area contributed by atoms with Crippen molar-refractivity contribution in [2.24, 2.45) is 0 Å². The predicted molar refractivity (Wildman–Crippen MR) is 85.5 cm³/mol. The lowest BCUT2D eigenvalue weighted by Gasteiger charge is -2.09. The van der Waals surface area contributed by atoms with Gasteiger partial charge >= 0.3 is 0 Å². The van der Waals surface area contributed by atoms with E-state index in [4.69, 9.17) is 11.6 Å². The molecule has 0 radical (unpaired) electrons. The molecule has 3 rings (SSSR count). The minimum Gasteiger partial charge on any atom is -0.325 e. The number of halogens is 1. The molecule has 1 N–H and O–H groups in total. The third kappa shape index (κ3) is 3.03. The van der Waals surface area contributed by atoms with Crippen LogP contribution in [0.2, 0.25) is 5.02 Å². The quantitative estimate of drug-likeness (QED) is 0.791. The number of hydrogen-bond acceptors (Lipinski definition) is 2. The molecule has 21 heavy (non-hydrogen) atoms. The maximum atomic E-state index is 12.2. The van der Waals surface area contributed by atoms with Crippen LogP contribution >= 0.6 is 11.6 Å². The van der Waals surface area contributed by atoms with E-state index in [1.165, 1.54) is 0 Å². The minimum atomic E-state index is -0.0977. The van der Waals surface area contributed by atoms with E-state index in [1.807, 2.05) is 48.5 Å². The van der Waals surface area contributed by atoms with Gasteiger partial charge in [0, 0.05) is 16.6 Å². The average Bonchev–Trinajstić information content (AvgIpc) is 2.50. The maximum Gasteiger partial charge on any atom is 0.228 e. The Morgan fingerprint density at radius 2 is 1.90 bits per heavy atom. The van der Waals surface area contributed by atoms with E-state index >= 15 is 0 Å². The predicted octanol–water partition coefficient (Wildman–Crippen LogP) is 4.07. The summed E-state index contributed by atoms with van der Waals surface area (Å²) in [5.41, 5.74) is 2.43. The number of rotatable bonds is 3. The zero-order chi connectivity index (χ0) is 14.7. The number of nitrogens with one attached hydrogen (secondary N) is 1. The fourth-order valence-corrected chi connectivity index (χ4v) is 2.42. The maximum absolute atomic E-state index is 12.2. The van der Waals surface area contributed by atoms with Crippen molar-refractivity contribution >= 4 is 34.1 Å². The summed E-state index contributed by atoms with van der Waals surface area (Å²) in [4.78, 5) is 16.5. The van der Waals surface area contributed by atoms with Gasteiger partial charge in [-0.25, -0.2) is 0 Å². The highest BCUT2D eigenvalue weighted by molar-refractivity contribution is 6.31. The number of carbonyl (C=O) groups is 1. The number of nitrogens with zero attached hydrogens (tertiary/aromatic N) is 1. The number of pyridine rings is 1. The van der Waals surface area contributed by atoms with Crippen molar-refractivity contribution in [3.8, 4) is 0 Å². The first-order valence-corrected chi connectivity index (χ1v) is 6.99. The molecule has 0 unspecified atom stereocenters. The van der Waals surface area contributed by atoms with Gasteiger partial charge in [-0.15, -0.1) is 0 Å². The van der Waals surface area contributed by atoms with E-state index in [2.05, 4.69) is 10.3 Å². The topological polar surface area (TPSA) is 42.0 Å². The molecule has 2 aromatic carbocycles. The molecule has 0 aliphatic heterocycles. The van der Waals surface area contributed by atoms with Gasteiger partial charge in [0.2, 0.25) is 5.91 Å². The first kappa shape index (κ1) is 13.6. The van der Waals surface area contributed by atoms with E-state index < -0.39 is 0 Å². The molecule has 0 atom stereocenters. The van der Waals surface area contributed by atoms with Crippen molar-refractivity contribution in [2.75, 3.05) is 5.32 Å². The number of amides is 1. The largest absolute Gasteiger partial charge is 0.325 e. The number of aromatic nitrogens is 1. The zero-order valence-electron chi connectivity index (χ0n) is 11.2. The van der Waals surface area contributed by atoms with Crippen molar-refractivity contribution in [1.29, 1.82) is 0 Å². The highest BCUT2D eigenvalue weighted by Crippen LogP contribution is 2.22. The van der Waals surface area contributed by atoms with E-state index in [1.54, 1.807) is 12.3 Å². The summed E-state index contributed by atoms with van der Waals surface area (Å²) in [6.07, 6.45) is 1.98. The molecular formula is C17H13ClN2O. The van der Waals surface area contributed by atoms with Crippen LogP contribution in [0.4, 0.5) is 5.69 Å². The molecule has 1 heterocycles. The van der Waals surface area contributed by atoms with Gasteiger partial charge in [0.1, 0.15) is 0 Å². The molecule has 0 saturated heterocycles. The standard InChI is InChI=1S/C17H13ClN2O/c18-14-7-2-1-5-12(14)11-17(21)20-16-9-3-8-15-13(16)6-4-10-19-15/h1-10H,11H2,(H,20,21). The van der Waals surface area contributed by atoms with Crippen molar-refractivity contribution < 1.29 is 4.79 Å². The van der Waals surface area contributed by atoms with Crippen LogP contribution in [0, 0.1) is 0 Å². The smallest absolute Gasteiger partial charge is 0.228 e. The molecule has 3 aromatic rings. The van der Waals surface area contributed by atoms with Crippen LogP contribution in [-0.2, 0) is 11.2 Å². The third-order valence-corrected chi connectivity index (χ3v) is 3.60. The number of fused-ring (bicyclic) bond motifs is 1. The van der Waals surface area contributed by atoms with Gasteiger partial charge in [0.15, 0.2) is 0 Å². The average molecular weight is 297 g/mol. The van der Waals surface area contributed by atoms with E-state index in [0.717, 1.165) is 22.2 Å². The monoisotopic (exact) mass is 296 g/mol. The van der Waals surface area contributed by atoms with Crippen LogP contribution in [0.25, 0.3) is 10.9 Å². The van der Waals surface area contributed by atoms with Crippen molar-refractivity contribution in [1.82, 2.24) is 4.98 Å². The van der Waals surface area contributed by atoms with Crippen LogP contribution in [0.5, 0.6) is 0 Å². The summed E-state index contributed by atoms with van der Waals surface area (Å²) >= 11 is 6.08. The number of benzene rings is 2. The first-order valence-electron chi connectivity index (χ1n) is 6.61. The number of carbonyl (C=O) groups excluding carboxylic acids is 1. The summed E-state index contributed by atoms with van der Waals surface area (Å²) in [6.45, 7) is 0. The Labute approximate surface area is 127 Å². The molecule has 104 valence electrons. The van der Waals surface area contributed by atoms with Crippen LogP contribution in [0.1, 0.15) is 5.56 Å². The van der Waals surface area contributed by atoms with Gasteiger partial charge in [-0.2, -0.15) is 0 Å². The van der Waals surface area contributed by atoms with E-state index in [0.29, 0.717) is 5.02 Å². The highest BCUT2D eigenvalue weighted by atomic mass is 35.5. The molecule has 0 saturated carbocycles. The summed E-state index contributed by atoms with van der Waals surface area (Å²) < 4.78 is 0. The van der Waals surface area contributed by atoms with E-state index in [-0.39, 0.29) is 12.3 Å². The molecule has 0 spiro atoms. The molecule has 1 aromatic heterocycles. The van der Waals surface area contributed by atoms with E-state index in [9.17, 15) is 4.79 Å². The van der Waals surface area contributed by atoms with Crippen LogP contribution < -0.4 is 5.32 Å². The number of hydrogen-bond donors (Lipinski definition) is 1. The minimum absolute atomic E-state index is 0.0977. The van der Waals surface area contributed by atoms with Gasteiger partial charge in [0.05, 0.1) is 17.6 Å². The normalized spacial score (nSPS) is 10.5. The molecular weight excluding hydrogens is 284 g/mol. The Bertz CT molecular complexity index is 796. The lowest BCUT2D eigenvalue weighted by molar-refractivity contribution is -0.115. The molecule has 0 bridgehead atoms. The summed E-state index contributed by atoms with van der Waals surface area (Å²) in [6, 6.07) is 16.8. The SMILES string of the molecule is O=C(Cc1ccccc1Cl)Nc1cccc2ncccc12. The second-order valence-corrected chi connectivity index (χ2v) is 5.10.